The lowest BCUT2D eigenvalue weighted by Gasteiger charge is -2.11. The first-order valence-electron chi connectivity index (χ1n) is 8.42. The van der Waals surface area contributed by atoms with Gasteiger partial charge in [-0.05, 0) is 56.2 Å². The Balaban J connectivity index is 1.77. The third-order valence-corrected chi connectivity index (χ3v) is 5.18. The van der Waals surface area contributed by atoms with Crippen LogP contribution in [0.2, 0.25) is 10.0 Å². The van der Waals surface area contributed by atoms with E-state index in [0.717, 1.165) is 43.8 Å². The molecule has 0 aliphatic carbocycles. The van der Waals surface area contributed by atoms with Crippen molar-refractivity contribution in [2.24, 2.45) is 5.10 Å². The molecule has 0 bridgehead atoms. The van der Waals surface area contributed by atoms with Gasteiger partial charge in [-0.25, -0.2) is 0 Å². The first-order valence-corrected chi connectivity index (χ1v) is 9.18. The fourth-order valence-electron chi connectivity index (χ4n) is 2.92. The second kappa shape index (κ2) is 7.98. The lowest BCUT2D eigenvalue weighted by Crippen LogP contribution is -2.06. The molecule has 0 fully saturated rings. The number of hydrazone groups is 1. The number of nitrogens with one attached hydrogen (secondary N) is 1. The summed E-state index contributed by atoms with van der Waals surface area (Å²) in [6.07, 6.45) is 1.84. The molecule has 3 nitrogen and oxygen atoms in total. The van der Waals surface area contributed by atoms with Gasteiger partial charge in [0.25, 0.3) is 0 Å². The molecule has 0 aliphatic rings. The van der Waals surface area contributed by atoms with Crippen LogP contribution in [0, 0.1) is 20.8 Å². The second-order valence-corrected chi connectivity index (χ2v) is 7.09. The fraction of sp³-hybridized carbons (Fsp3) is 0.190. The molecule has 0 atom stereocenters. The minimum atomic E-state index is 0.586. The lowest BCUT2D eigenvalue weighted by atomic mass is 10.2. The number of aryl methyl sites for hydroxylation is 2. The van der Waals surface area contributed by atoms with Crippen LogP contribution in [0.1, 0.15) is 28.1 Å². The average Bonchev–Trinajstić information content (AvgIpc) is 2.89. The summed E-state index contributed by atoms with van der Waals surface area (Å²) in [6, 6.07) is 16.0. The molecule has 2 aromatic carbocycles. The van der Waals surface area contributed by atoms with Crippen LogP contribution in [0.4, 0.5) is 0 Å². The van der Waals surface area contributed by atoms with Crippen molar-refractivity contribution >= 4 is 29.4 Å². The molecule has 0 radical (unpaired) electrons. The van der Waals surface area contributed by atoms with Gasteiger partial charge in [-0.15, -0.1) is 0 Å². The van der Waals surface area contributed by atoms with Gasteiger partial charge in [-0.2, -0.15) is 5.10 Å². The largest absolute Gasteiger partial charge is 0.318 e. The minimum Gasteiger partial charge on any atom is -0.318 e. The highest BCUT2D eigenvalue weighted by molar-refractivity contribution is 6.31. The summed E-state index contributed by atoms with van der Waals surface area (Å²) in [6.45, 7) is 6.75. The van der Waals surface area contributed by atoms with Crippen molar-refractivity contribution in [3.63, 3.8) is 0 Å². The van der Waals surface area contributed by atoms with Crippen LogP contribution < -0.4 is 5.43 Å². The van der Waals surface area contributed by atoms with E-state index in [-0.39, 0.29) is 0 Å². The van der Waals surface area contributed by atoms with Gasteiger partial charge in [0, 0.05) is 32.7 Å². The smallest absolute Gasteiger partial charge is 0.0594 e. The third kappa shape index (κ3) is 3.95. The maximum atomic E-state index is 6.29. The summed E-state index contributed by atoms with van der Waals surface area (Å²) in [7, 11) is 0. The van der Waals surface area contributed by atoms with E-state index in [4.69, 9.17) is 23.2 Å². The van der Waals surface area contributed by atoms with Crippen molar-refractivity contribution in [1.29, 1.82) is 0 Å². The van der Waals surface area contributed by atoms with E-state index < -0.39 is 0 Å². The molecule has 134 valence electrons. The Morgan fingerprint density at radius 3 is 2.50 bits per heavy atom. The van der Waals surface area contributed by atoms with E-state index >= 15 is 0 Å². The maximum absolute atomic E-state index is 6.29. The standard InChI is InChI=1S/C21H21Cl2N3/c1-14-8-9-19(11-21(14)23)26-15(2)10-18(16(26)3)13-25-24-12-17-6-4-5-7-20(17)22/h4-11,13,24H,12H2,1-3H3/b25-13-. The SMILES string of the molecule is Cc1ccc(-n2c(C)cc(/C=N\NCc3ccccc3Cl)c2C)cc1Cl. The molecule has 0 aliphatic heterocycles. The third-order valence-electron chi connectivity index (χ3n) is 4.41. The molecular weight excluding hydrogens is 365 g/mol. The molecule has 3 rings (SSSR count). The van der Waals surface area contributed by atoms with Gasteiger partial charge < -0.3 is 9.99 Å². The molecule has 0 amide bonds. The van der Waals surface area contributed by atoms with Gasteiger partial charge in [0.1, 0.15) is 0 Å². The van der Waals surface area contributed by atoms with Crippen molar-refractivity contribution in [2.75, 3.05) is 0 Å². The van der Waals surface area contributed by atoms with Crippen LogP contribution >= 0.6 is 23.2 Å². The van der Waals surface area contributed by atoms with E-state index in [1.807, 2.05) is 49.5 Å². The first kappa shape index (κ1) is 18.6. The van der Waals surface area contributed by atoms with Gasteiger partial charge in [-0.3, -0.25) is 0 Å². The van der Waals surface area contributed by atoms with Gasteiger partial charge in [0.15, 0.2) is 0 Å². The molecule has 0 saturated heterocycles. The monoisotopic (exact) mass is 385 g/mol. The number of benzene rings is 2. The van der Waals surface area contributed by atoms with Crippen molar-refractivity contribution in [1.82, 2.24) is 9.99 Å². The number of rotatable bonds is 5. The molecule has 5 heteroatoms. The predicted molar refractivity (Wildman–Crippen MR) is 111 cm³/mol. The van der Waals surface area contributed by atoms with E-state index in [0.29, 0.717) is 6.54 Å². The highest BCUT2D eigenvalue weighted by Crippen LogP contribution is 2.24. The van der Waals surface area contributed by atoms with E-state index in [1.54, 1.807) is 0 Å². The van der Waals surface area contributed by atoms with Crippen LogP contribution in [0.25, 0.3) is 5.69 Å². The van der Waals surface area contributed by atoms with Crippen molar-refractivity contribution in [2.45, 2.75) is 27.3 Å². The Bertz CT molecular complexity index is 958. The summed E-state index contributed by atoms with van der Waals surface area (Å²) in [5.41, 5.74) is 9.52. The number of hydrogen-bond donors (Lipinski definition) is 1. The van der Waals surface area contributed by atoms with Gasteiger partial charge >= 0.3 is 0 Å². The van der Waals surface area contributed by atoms with Crippen molar-refractivity contribution < 1.29 is 0 Å². The quantitative estimate of drug-likeness (QED) is 0.434. The Morgan fingerprint density at radius 1 is 1.00 bits per heavy atom. The number of nitrogens with zero attached hydrogens (tertiary/aromatic N) is 2. The second-order valence-electron chi connectivity index (χ2n) is 6.28. The summed E-state index contributed by atoms with van der Waals surface area (Å²) in [4.78, 5) is 0. The number of aromatic nitrogens is 1. The molecule has 3 aromatic rings. The molecule has 0 saturated carbocycles. The highest BCUT2D eigenvalue weighted by Gasteiger charge is 2.10. The lowest BCUT2D eigenvalue weighted by molar-refractivity contribution is 0.748. The summed E-state index contributed by atoms with van der Waals surface area (Å²) in [5.74, 6) is 0. The van der Waals surface area contributed by atoms with Crippen LogP contribution in [-0.2, 0) is 6.54 Å². The number of hydrogen-bond acceptors (Lipinski definition) is 2. The molecular formula is C21H21Cl2N3. The summed E-state index contributed by atoms with van der Waals surface area (Å²) in [5, 5.41) is 5.86. The number of halogens is 2. The maximum Gasteiger partial charge on any atom is 0.0594 e. The first-order chi connectivity index (χ1) is 12.5. The Labute approximate surface area is 164 Å². The van der Waals surface area contributed by atoms with E-state index in [9.17, 15) is 0 Å². The molecule has 26 heavy (non-hydrogen) atoms. The Kier molecular flexibility index (Phi) is 5.70. The normalized spacial score (nSPS) is 11.3. The Morgan fingerprint density at radius 2 is 1.77 bits per heavy atom. The van der Waals surface area contributed by atoms with E-state index in [1.165, 1.54) is 0 Å². The van der Waals surface area contributed by atoms with Crippen LogP contribution in [0.15, 0.2) is 53.6 Å². The van der Waals surface area contributed by atoms with Gasteiger partial charge in [0.2, 0.25) is 0 Å². The Hall–Kier alpha value is -2.23. The topological polar surface area (TPSA) is 29.3 Å². The summed E-state index contributed by atoms with van der Waals surface area (Å²) >= 11 is 12.4. The van der Waals surface area contributed by atoms with Crippen LogP contribution in [0.5, 0.6) is 0 Å². The fourth-order valence-corrected chi connectivity index (χ4v) is 3.30. The van der Waals surface area contributed by atoms with Crippen molar-refractivity contribution in [3.8, 4) is 5.69 Å². The molecule has 0 spiro atoms. The average molecular weight is 386 g/mol. The zero-order valence-corrected chi connectivity index (χ0v) is 16.6. The van der Waals surface area contributed by atoms with Crippen LogP contribution in [0.3, 0.4) is 0 Å². The minimum absolute atomic E-state index is 0.586. The zero-order chi connectivity index (χ0) is 18.7. The van der Waals surface area contributed by atoms with Gasteiger partial charge in [0.05, 0.1) is 12.8 Å². The highest BCUT2D eigenvalue weighted by atomic mass is 35.5. The van der Waals surface area contributed by atoms with Crippen molar-refractivity contribution in [3.05, 3.63) is 86.7 Å². The predicted octanol–water partition coefficient (Wildman–Crippen LogP) is 5.83. The van der Waals surface area contributed by atoms with E-state index in [2.05, 4.69) is 41.1 Å². The molecule has 1 aromatic heterocycles. The van der Waals surface area contributed by atoms with Crippen LogP contribution in [-0.4, -0.2) is 10.8 Å². The molecule has 1 N–H and O–H groups in total. The zero-order valence-electron chi connectivity index (χ0n) is 15.1. The molecule has 1 heterocycles. The van der Waals surface area contributed by atoms with Gasteiger partial charge in [-0.1, -0.05) is 47.5 Å². The summed E-state index contributed by atoms with van der Waals surface area (Å²) < 4.78 is 2.18. The molecule has 0 unspecified atom stereocenters.